The van der Waals surface area contributed by atoms with E-state index in [1.807, 2.05) is 6.20 Å². The summed E-state index contributed by atoms with van der Waals surface area (Å²) in [7, 11) is 0. The van der Waals surface area contributed by atoms with Gasteiger partial charge in [-0.05, 0) is 33.7 Å². The molecule has 1 heterocycles. The van der Waals surface area contributed by atoms with Gasteiger partial charge in [-0.25, -0.2) is 4.98 Å². The van der Waals surface area contributed by atoms with Gasteiger partial charge in [-0.3, -0.25) is 4.98 Å². The van der Waals surface area contributed by atoms with E-state index in [4.69, 9.17) is 0 Å². The highest BCUT2D eigenvalue weighted by Gasteiger charge is 2.09. The fourth-order valence-corrected chi connectivity index (χ4v) is 1.29. The zero-order valence-corrected chi connectivity index (χ0v) is 10.7. The Labute approximate surface area is 97.9 Å². The summed E-state index contributed by atoms with van der Waals surface area (Å²) in [5, 5.41) is 6.58. The molecule has 0 aliphatic carbocycles. The molecule has 1 rings (SSSR count). The SMILES string of the molecule is CCCNCc1cnc(NC(C)(C)C)cn1. The minimum absolute atomic E-state index is 0.0245. The Hall–Kier alpha value is -1.16. The van der Waals surface area contributed by atoms with Gasteiger partial charge in [0.15, 0.2) is 0 Å². The van der Waals surface area contributed by atoms with Crippen molar-refractivity contribution in [3.63, 3.8) is 0 Å². The second-order valence-corrected chi connectivity index (χ2v) is 4.94. The van der Waals surface area contributed by atoms with Gasteiger partial charge in [0.05, 0.1) is 18.1 Å². The van der Waals surface area contributed by atoms with E-state index in [0.717, 1.165) is 31.0 Å². The molecule has 1 aromatic rings. The second kappa shape index (κ2) is 5.80. The molecule has 2 N–H and O–H groups in total. The predicted octanol–water partition coefficient (Wildman–Crippen LogP) is 2.19. The molecule has 0 fully saturated rings. The molecule has 0 saturated heterocycles. The van der Waals surface area contributed by atoms with Crippen LogP contribution in [0.3, 0.4) is 0 Å². The number of rotatable bonds is 5. The van der Waals surface area contributed by atoms with Crippen LogP contribution in [-0.2, 0) is 6.54 Å². The van der Waals surface area contributed by atoms with Crippen LogP contribution in [0.5, 0.6) is 0 Å². The third-order valence-electron chi connectivity index (χ3n) is 1.94. The molecule has 0 bridgehead atoms. The van der Waals surface area contributed by atoms with Crippen molar-refractivity contribution < 1.29 is 0 Å². The molecule has 0 amide bonds. The van der Waals surface area contributed by atoms with E-state index in [1.165, 1.54) is 0 Å². The normalized spacial score (nSPS) is 11.5. The third kappa shape index (κ3) is 5.07. The molecule has 90 valence electrons. The highest BCUT2D eigenvalue weighted by Crippen LogP contribution is 2.10. The van der Waals surface area contributed by atoms with Crippen molar-refractivity contribution in [2.24, 2.45) is 0 Å². The molecular formula is C12H22N4. The lowest BCUT2D eigenvalue weighted by atomic mass is 10.1. The summed E-state index contributed by atoms with van der Waals surface area (Å²) < 4.78 is 0. The van der Waals surface area contributed by atoms with Gasteiger partial charge in [0.25, 0.3) is 0 Å². The molecule has 4 heteroatoms. The van der Waals surface area contributed by atoms with E-state index >= 15 is 0 Å². The summed E-state index contributed by atoms with van der Waals surface area (Å²) in [6.07, 6.45) is 4.74. The van der Waals surface area contributed by atoms with Crippen LogP contribution in [0.1, 0.15) is 39.8 Å². The molecule has 1 aromatic heterocycles. The van der Waals surface area contributed by atoms with Gasteiger partial charge < -0.3 is 10.6 Å². The Bertz CT molecular complexity index is 300. The van der Waals surface area contributed by atoms with E-state index < -0.39 is 0 Å². The molecule has 0 aromatic carbocycles. The van der Waals surface area contributed by atoms with Crippen LogP contribution >= 0.6 is 0 Å². The first-order valence-electron chi connectivity index (χ1n) is 5.81. The molecule has 0 radical (unpaired) electrons. The molecular weight excluding hydrogens is 200 g/mol. The molecule has 0 unspecified atom stereocenters. The third-order valence-corrected chi connectivity index (χ3v) is 1.94. The molecule has 0 aliphatic rings. The number of anilines is 1. The molecule has 0 atom stereocenters. The Balaban J connectivity index is 2.48. The van der Waals surface area contributed by atoms with Gasteiger partial charge in [-0.1, -0.05) is 6.92 Å². The average Bonchev–Trinajstić information content (AvgIpc) is 2.19. The fourth-order valence-electron chi connectivity index (χ4n) is 1.29. The monoisotopic (exact) mass is 222 g/mol. The van der Waals surface area contributed by atoms with Gasteiger partial charge in [0.2, 0.25) is 0 Å². The summed E-state index contributed by atoms with van der Waals surface area (Å²) in [6, 6.07) is 0. The summed E-state index contributed by atoms with van der Waals surface area (Å²) in [6.45, 7) is 10.3. The maximum atomic E-state index is 4.35. The van der Waals surface area contributed by atoms with Crippen molar-refractivity contribution >= 4 is 5.82 Å². The quantitative estimate of drug-likeness (QED) is 0.750. The van der Waals surface area contributed by atoms with Crippen molar-refractivity contribution in [1.82, 2.24) is 15.3 Å². The van der Waals surface area contributed by atoms with Crippen LogP contribution in [0.4, 0.5) is 5.82 Å². The van der Waals surface area contributed by atoms with E-state index in [9.17, 15) is 0 Å². The Morgan fingerprint density at radius 1 is 1.19 bits per heavy atom. The van der Waals surface area contributed by atoms with E-state index in [0.29, 0.717) is 0 Å². The maximum absolute atomic E-state index is 4.35. The fraction of sp³-hybridized carbons (Fsp3) is 0.667. The van der Waals surface area contributed by atoms with Crippen LogP contribution in [0.25, 0.3) is 0 Å². The second-order valence-electron chi connectivity index (χ2n) is 4.94. The summed E-state index contributed by atoms with van der Waals surface area (Å²) in [4.78, 5) is 8.68. The van der Waals surface area contributed by atoms with Crippen LogP contribution < -0.4 is 10.6 Å². The Morgan fingerprint density at radius 3 is 2.44 bits per heavy atom. The van der Waals surface area contributed by atoms with Crippen molar-refractivity contribution in [1.29, 1.82) is 0 Å². The number of hydrogen-bond donors (Lipinski definition) is 2. The topological polar surface area (TPSA) is 49.8 Å². The minimum Gasteiger partial charge on any atom is -0.364 e. The van der Waals surface area contributed by atoms with E-state index in [2.05, 4.69) is 48.3 Å². The molecule has 0 spiro atoms. The van der Waals surface area contributed by atoms with Gasteiger partial charge in [0, 0.05) is 12.1 Å². The van der Waals surface area contributed by atoms with E-state index in [1.54, 1.807) is 6.20 Å². The standard InChI is InChI=1S/C12H22N4/c1-5-6-13-7-10-8-15-11(9-14-10)16-12(2,3)4/h8-9,13H,5-7H2,1-4H3,(H,15,16). The first-order chi connectivity index (χ1) is 7.51. The molecule has 4 nitrogen and oxygen atoms in total. The zero-order chi connectivity index (χ0) is 12.0. The Morgan fingerprint density at radius 2 is 1.94 bits per heavy atom. The van der Waals surface area contributed by atoms with Crippen LogP contribution in [-0.4, -0.2) is 22.1 Å². The maximum Gasteiger partial charge on any atom is 0.144 e. The van der Waals surface area contributed by atoms with Crippen molar-refractivity contribution in [3.05, 3.63) is 18.1 Å². The summed E-state index contributed by atoms with van der Waals surface area (Å²) >= 11 is 0. The van der Waals surface area contributed by atoms with Crippen molar-refractivity contribution in [2.45, 2.75) is 46.2 Å². The van der Waals surface area contributed by atoms with Crippen LogP contribution in [0.15, 0.2) is 12.4 Å². The highest BCUT2D eigenvalue weighted by atomic mass is 15.1. The van der Waals surface area contributed by atoms with Crippen molar-refractivity contribution in [2.75, 3.05) is 11.9 Å². The van der Waals surface area contributed by atoms with E-state index in [-0.39, 0.29) is 5.54 Å². The lowest BCUT2D eigenvalue weighted by molar-refractivity contribution is 0.627. The lowest BCUT2D eigenvalue weighted by Gasteiger charge is -2.20. The number of nitrogens with zero attached hydrogens (tertiary/aromatic N) is 2. The van der Waals surface area contributed by atoms with Crippen molar-refractivity contribution in [3.8, 4) is 0 Å². The molecule has 0 aliphatic heterocycles. The van der Waals surface area contributed by atoms with Gasteiger partial charge >= 0.3 is 0 Å². The first kappa shape index (κ1) is 12.9. The van der Waals surface area contributed by atoms with Gasteiger partial charge in [-0.2, -0.15) is 0 Å². The smallest absolute Gasteiger partial charge is 0.144 e. The van der Waals surface area contributed by atoms with Crippen LogP contribution in [0.2, 0.25) is 0 Å². The number of hydrogen-bond acceptors (Lipinski definition) is 4. The molecule has 16 heavy (non-hydrogen) atoms. The zero-order valence-electron chi connectivity index (χ0n) is 10.7. The largest absolute Gasteiger partial charge is 0.364 e. The summed E-state index contributed by atoms with van der Waals surface area (Å²) in [5.74, 6) is 0.826. The Kier molecular flexibility index (Phi) is 4.68. The van der Waals surface area contributed by atoms with Crippen LogP contribution in [0, 0.1) is 0 Å². The number of aromatic nitrogens is 2. The predicted molar refractivity (Wildman–Crippen MR) is 67.4 cm³/mol. The first-order valence-corrected chi connectivity index (χ1v) is 5.81. The average molecular weight is 222 g/mol. The minimum atomic E-state index is 0.0245. The number of nitrogens with one attached hydrogen (secondary N) is 2. The lowest BCUT2D eigenvalue weighted by Crippen LogP contribution is -2.26. The summed E-state index contributed by atoms with van der Waals surface area (Å²) in [5.41, 5.74) is 1.00. The van der Waals surface area contributed by atoms with Gasteiger partial charge in [-0.15, -0.1) is 0 Å². The molecule has 0 saturated carbocycles. The highest BCUT2D eigenvalue weighted by molar-refractivity contribution is 5.33. The van der Waals surface area contributed by atoms with Gasteiger partial charge in [0.1, 0.15) is 5.82 Å².